The highest BCUT2D eigenvalue weighted by molar-refractivity contribution is 9.10. The molecule has 90 valence electrons. The van der Waals surface area contributed by atoms with Crippen LogP contribution in [0.2, 0.25) is 0 Å². The molecule has 17 heavy (non-hydrogen) atoms. The quantitative estimate of drug-likeness (QED) is 0.913. The van der Waals surface area contributed by atoms with Crippen molar-refractivity contribution in [3.8, 4) is 0 Å². The van der Waals surface area contributed by atoms with Crippen LogP contribution in [0.1, 0.15) is 17.2 Å². The van der Waals surface area contributed by atoms with E-state index in [1.54, 1.807) is 11.3 Å². The van der Waals surface area contributed by atoms with Crippen LogP contribution in [0.5, 0.6) is 0 Å². The predicted molar refractivity (Wildman–Crippen MR) is 75.0 cm³/mol. The molecule has 0 fully saturated rings. The molecule has 1 unspecified atom stereocenters. The summed E-state index contributed by atoms with van der Waals surface area (Å²) in [5.41, 5.74) is 8.03. The number of rotatable bonds is 5. The van der Waals surface area contributed by atoms with Gasteiger partial charge in [0.2, 0.25) is 0 Å². The van der Waals surface area contributed by atoms with Crippen molar-refractivity contribution >= 4 is 27.3 Å². The standard InChI is InChI=1S/C13H14BrNOS/c14-12-4-2-1-3-10(12)8-16-13(7-15)11-5-6-17-9-11/h1-6,9,13H,7-8,15H2. The van der Waals surface area contributed by atoms with E-state index in [0.29, 0.717) is 13.2 Å². The maximum Gasteiger partial charge on any atom is 0.0959 e. The van der Waals surface area contributed by atoms with Gasteiger partial charge in [-0.15, -0.1) is 0 Å². The van der Waals surface area contributed by atoms with Crippen LogP contribution in [0.15, 0.2) is 45.6 Å². The summed E-state index contributed by atoms with van der Waals surface area (Å²) < 4.78 is 6.92. The van der Waals surface area contributed by atoms with Crippen LogP contribution >= 0.6 is 27.3 Å². The van der Waals surface area contributed by atoms with Gasteiger partial charge < -0.3 is 10.5 Å². The van der Waals surface area contributed by atoms with E-state index in [1.807, 2.05) is 29.6 Å². The van der Waals surface area contributed by atoms with Crippen LogP contribution in [0.25, 0.3) is 0 Å². The number of nitrogens with two attached hydrogens (primary N) is 1. The molecule has 4 heteroatoms. The molecule has 0 aliphatic carbocycles. The van der Waals surface area contributed by atoms with E-state index in [4.69, 9.17) is 10.5 Å². The third-order valence-electron chi connectivity index (χ3n) is 2.53. The van der Waals surface area contributed by atoms with Crippen LogP contribution in [0, 0.1) is 0 Å². The molecule has 1 aromatic heterocycles. The zero-order valence-corrected chi connectivity index (χ0v) is 11.7. The van der Waals surface area contributed by atoms with Gasteiger partial charge in [0, 0.05) is 11.0 Å². The second kappa shape index (κ2) is 6.31. The number of hydrogen-bond acceptors (Lipinski definition) is 3. The Morgan fingerprint density at radius 1 is 1.29 bits per heavy atom. The van der Waals surface area contributed by atoms with Crippen molar-refractivity contribution in [2.24, 2.45) is 5.73 Å². The van der Waals surface area contributed by atoms with Crippen LogP contribution in [0.3, 0.4) is 0 Å². The van der Waals surface area contributed by atoms with Crippen LogP contribution in [0.4, 0.5) is 0 Å². The molecule has 2 N–H and O–H groups in total. The summed E-state index contributed by atoms with van der Waals surface area (Å²) in [4.78, 5) is 0. The summed E-state index contributed by atoms with van der Waals surface area (Å²) in [5, 5.41) is 4.12. The highest BCUT2D eigenvalue weighted by atomic mass is 79.9. The predicted octanol–water partition coefficient (Wildman–Crippen LogP) is 3.73. The van der Waals surface area contributed by atoms with E-state index < -0.39 is 0 Å². The molecule has 0 aliphatic heterocycles. The monoisotopic (exact) mass is 311 g/mol. The maximum atomic E-state index is 5.85. The molecular formula is C13H14BrNOS. The third-order valence-corrected chi connectivity index (χ3v) is 4.00. The van der Waals surface area contributed by atoms with Crippen molar-refractivity contribution in [2.75, 3.05) is 6.54 Å². The lowest BCUT2D eigenvalue weighted by Gasteiger charge is -2.15. The van der Waals surface area contributed by atoms with Gasteiger partial charge in [-0.05, 0) is 34.0 Å². The van der Waals surface area contributed by atoms with Gasteiger partial charge in [-0.3, -0.25) is 0 Å². The Morgan fingerprint density at radius 2 is 2.12 bits per heavy atom. The Hall–Kier alpha value is -0.680. The van der Waals surface area contributed by atoms with Gasteiger partial charge in [0.25, 0.3) is 0 Å². The summed E-state index contributed by atoms with van der Waals surface area (Å²) in [6, 6.07) is 10.1. The zero-order chi connectivity index (χ0) is 12.1. The summed E-state index contributed by atoms with van der Waals surface area (Å²) in [6.45, 7) is 1.07. The molecule has 0 saturated carbocycles. The normalized spacial score (nSPS) is 12.6. The van der Waals surface area contributed by atoms with Crippen molar-refractivity contribution in [1.29, 1.82) is 0 Å². The van der Waals surface area contributed by atoms with Crippen molar-refractivity contribution in [1.82, 2.24) is 0 Å². The van der Waals surface area contributed by atoms with E-state index >= 15 is 0 Å². The lowest BCUT2D eigenvalue weighted by Crippen LogP contribution is -2.15. The Balaban J connectivity index is 2.00. The van der Waals surface area contributed by atoms with E-state index in [2.05, 4.69) is 27.4 Å². The highest BCUT2D eigenvalue weighted by Gasteiger charge is 2.11. The van der Waals surface area contributed by atoms with E-state index in [-0.39, 0.29) is 6.10 Å². The summed E-state index contributed by atoms with van der Waals surface area (Å²) >= 11 is 5.17. The minimum Gasteiger partial charge on any atom is -0.367 e. The molecule has 0 aliphatic rings. The van der Waals surface area contributed by atoms with Crippen molar-refractivity contribution in [3.05, 3.63) is 56.7 Å². The van der Waals surface area contributed by atoms with Gasteiger partial charge in [-0.1, -0.05) is 34.1 Å². The Labute approximate surface area is 114 Å². The Bertz CT molecular complexity index is 458. The van der Waals surface area contributed by atoms with E-state index in [9.17, 15) is 0 Å². The molecule has 2 rings (SSSR count). The first-order chi connectivity index (χ1) is 8.31. The lowest BCUT2D eigenvalue weighted by molar-refractivity contribution is 0.0456. The summed E-state index contributed by atoms with van der Waals surface area (Å²) in [5.74, 6) is 0. The van der Waals surface area contributed by atoms with Crippen molar-refractivity contribution < 1.29 is 4.74 Å². The van der Waals surface area contributed by atoms with Gasteiger partial charge in [0.05, 0.1) is 12.7 Å². The van der Waals surface area contributed by atoms with Gasteiger partial charge in [-0.25, -0.2) is 0 Å². The fourth-order valence-electron chi connectivity index (χ4n) is 1.56. The number of halogens is 1. The first-order valence-electron chi connectivity index (χ1n) is 5.38. The average Bonchev–Trinajstić information content (AvgIpc) is 2.86. The van der Waals surface area contributed by atoms with Crippen LogP contribution in [-0.2, 0) is 11.3 Å². The van der Waals surface area contributed by atoms with Crippen molar-refractivity contribution in [2.45, 2.75) is 12.7 Å². The average molecular weight is 312 g/mol. The molecular weight excluding hydrogens is 298 g/mol. The number of hydrogen-bond donors (Lipinski definition) is 1. The number of benzene rings is 1. The smallest absolute Gasteiger partial charge is 0.0959 e. The largest absolute Gasteiger partial charge is 0.367 e. The number of thiophene rings is 1. The van der Waals surface area contributed by atoms with E-state index in [1.165, 1.54) is 0 Å². The fourth-order valence-corrected chi connectivity index (χ4v) is 2.67. The zero-order valence-electron chi connectivity index (χ0n) is 9.30. The SMILES string of the molecule is NCC(OCc1ccccc1Br)c1ccsc1. The third kappa shape index (κ3) is 3.39. The first-order valence-corrected chi connectivity index (χ1v) is 7.12. The molecule has 1 atom stereocenters. The fraction of sp³-hybridized carbons (Fsp3) is 0.231. The minimum atomic E-state index is -0.0200. The second-order valence-corrected chi connectivity index (χ2v) is 5.32. The molecule has 2 aromatic rings. The molecule has 0 spiro atoms. The topological polar surface area (TPSA) is 35.2 Å². The Morgan fingerprint density at radius 3 is 2.76 bits per heavy atom. The Kier molecular flexibility index (Phi) is 4.74. The van der Waals surface area contributed by atoms with Crippen molar-refractivity contribution in [3.63, 3.8) is 0 Å². The molecule has 0 amide bonds. The first kappa shape index (κ1) is 12.8. The highest BCUT2D eigenvalue weighted by Crippen LogP contribution is 2.23. The summed E-state index contributed by atoms with van der Waals surface area (Å²) in [6.07, 6.45) is -0.0200. The van der Waals surface area contributed by atoms with Crippen LogP contribution in [-0.4, -0.2) is 6.54 Å². The lowest BCUT2D eigenvalue weighted by atomic mass is 10.2. The molecule has 2 nitrogen and oxygen atoms in total. The molecule has 1 heterocycles. The van der Waals surface area contributed by atoms with Gasteiger partial charge in [0.15, 0.2) is 0 Å². The molecule has 1 aromatic carbocycles. The molecule has 0 radical (unpaired) electrons. The van der Waals surface area contributed by atoms with Gasteiger partial charge >= 0.3 is 0 Å². The van der Waals surface area contributed by atoms with Gasteiger partial charge in [0.1, 0.15) is 0 Å². The summed E-state index contributed by atoms with van der Waals surface area (Å²) in [7, 11) is 0. The number of ether oxygens (including phenoxy) is 1. The molecule has 0 saturated heterocycles. The van der Waals surface area contributed by atoms with Crippen LogP contribution < -0.4 is 5.73 Å². The van der Waals surface area contributed by atoms with E-state index in [0.717, 1.165) is 15.6 Å². The minimum absolute atomic E-state index is 0.0200. The maximum absolute atomic E-state index is 5.85. The second-order valence-electron chi connectivity index (χ2n) is 3.68. The molecule has 0 bridgehead atoms. The van der Waals surface area contributed by atoms with Gasteiger partial charge in [-0.2, -0.15) is 11.3 Å².